The Kier molecular flexibility index (Phi) is 3.74. The Morgan fingerprint density at radius 1 is 1.28 bits per heavy atom. The molecule has 1 aromatic heterocycles. The first kappa shape index (κ1) is 12.3. The SMILES string of the molecule is Cc1ccc(C=NNc2ncnc(Cl)c2N)cc1. The number of anilines is 2. The zero-order chi connectivity index (χ0) is 13.0. The maximum atomic E-state index is 5.76. The Morgan fingerprint density at radius 2 is 2.00 bits per heavy atom. The molecule has 0 unspecified atom stereocenters. The van der Waals surface area contributed by atoms with Gasteiger partial charge in [-0.1, -0.05) is 41.4 Å². The van der Waals surface area contributed by atoms with Gasteiger partial charge in [-0.2, -0.15) is 5.10 Å². The summed E-state index contributed by atoms with van der Waals surface area (Å²) in [5.74, 6) is 0.387. The molecule has 2 aromatic rings. The van der Waals surface area contributed by atoms with Gasteiger partial charge in [0.15, 0.2) is 11.0 Å². The van der Waals surface area contributed by atoms with Crippen molar-refractivity contribution in [3.63, 3.8) is 0 Å². The summed E-state index contributed by atoms with van der Waals surface area (Å²) < 4.78 is 0. The third-order valence-electron chi connectivity index (χ3n) is 2.30. The summed E-state index contributed by atoms with van der Waals surface area (Å²) >= 11 is 5.76. The Balaban J connectivity index is 2.07. The van der Waals surface area contributed by atoms with E-state index in [1.807, 2.05) is 31.2 Å². The number of nitrogen functional groups attached to an aromatic ring is 1. The molecule has 92 valence electrons. The molecule has 3 N–H and O–H groups in total. The van der Waals surface area contributed by atoms with Gasteiger partial charge in [0.05, 0.1) is 6.21 Å². The number of nitrogens with one attached hydrogen (secondary N) is 1. The van der Waals surface area contributed by atoms with E-state index >= 15 is 0 Å². The molecule has 0 aliphatic heterocycles. The van der Waals surface area contributed by atoms with Crippen LogP contribution >= 0.6 is 11.6 Å². The van der Waals surface area contributed by atoms with E-state index in [2.05, 4.69) is 20.5 Å². The van der Waals surface area contributed by atoms with E-state index in [0.29, 0.717) is 5.82 Å². The quantitative estimate of drug-likeness (QED) is 0.506. The molecule has 0 fully saturated rings. The van der Waals surface area contributed by atoms with Crippen molar-refractivity contribution in [2.24, 2.45) is 5.10 Å². The molecular weight excluding hydrogens is 250 g/mol. The van der Waals surface area contributed by atoms with E-state index in [0.717, 1.165) is 5.56 Å². The number of hydrazone groups is 1. The smallest absolute Gasteiger partial charge is 0.174 e. The normalized spacial score (nSPS) is 10.8. The third-order valence-corrected chi connectivity index (χ3v) is 2.60. The van der Waals surface area contributed by atoms with Crippen LogP contribution in [-0.2, 0) is 0 Å². The number of rotatable bonds is 3. The van der Waals surface area contributed by atoms with E-state index in [9.17, 15) is 0 Å². The number of aryl methyl sites for hydroxylation is 1. The average molecular weight is 262 g/mol. The number of hydrogen-bond acceptors (Lipinski definition) is 5. The van der Waals surface area contributed by atoms with Gasteiger partial charge in [0.2, 0.25) is 0 Å². The summed E-state index contributed by atoms with van der Waals surface area (Å²) in [5, 5.41) is 4.25. The largest absolute Gasteiger partial charge is 0.393 e. The van der Waals surface area contributed by atoms with Gasteiger partial charge < -0.3 is 5.73 Å². The minimum absolute atomic E-state index is 0.207. The monoisotopic (exact) mass is 261 g/mol. The van der Waals surface area contributed by atoms with Crippen molar-refractivity contribution in [2.45, 2.75) is 6.92 Å². The van der Waals surface area contributed by atoms with Crippen molar-refractivity contribution in [2.75, 3.05) is 11.2 Å². The van der Waals surface area contributed by atoms with Gasteiger partial charge in [0, 0.05) is 0 Å². The topological polar surface area (TPSA) is 76.2 Å². The van der Waals surface area contributed by atoms with Gasteiger partial charge in [-0.15, -0.1) is 0 Å². The summed E-state index contributed by atoms with van der Waals surface area (Å²) in [6.45, 7) is 2.03. The van der Waals surface area contributed by atoms with Crippen LogP contribution in [0, 0.1) is 6.92 Å². The van der Waals surface area contributed by atoms with Gasteiger partial charge in [0.1, 0.15) is 12.0 Å². The molecule has 2 rings (SSSR count). The molecule has 0 aliphatic carbocycles. The van der Waals surface area contributed by atoms with Crippen LogP contribution in [-0.4, -0.2) is 16.2 Å². The first-order valence-corrected chi connectivity index (χ1v) is 5.66. The van der Waals surface area contributed by atoms with Crippen LogP contribution in [0.5, 0.6) is 0 Å². The standard InChI is InChI=1S/C12H12ClN5/c1-8-2-4-9(5-3-8)6-17-18-12-10(14)11(13)15-7-16-12/h2-7H,14H2,1H3,(H,15,16,18). The van der Waals surface area contributed by atoms with Crippen LogP contribution in [0.3, 0.4) is 0 Å². The Bertz CT molecular complexity index is 565. The molecule has 6 heteroatoms. The van der Waals surface area contributed by atoms with Crippen LogP contribution in [0.4, 0.5) is 11.5 Å². The molecule has 18 heavy (non-hydrogen) atoms. The number of halogens is 1. The lowest BCUT2D eigenvalue weighted by molar-refractivity contribution is 1.14. The highest BCUT2D eigenvalue weighted by Gasteiger charge is 2.03. The Morgan fingerprint density at radius 3 is 2.72 bits per heavy atom. The fourth-order valence-corrected chi connectivity index (χ4v) is 1.42. The molecule has 0 bridgehead atoms. The number of aromatic nitrogens is 2. The molecule has 1 aromatic carbocycles. The molecule has 0 atom stereocenters. The van der Waals surface area contributed by atoms with Crippen LogP contribution in [0.2, 0.25) is 5.15 Å². The lowest BCUT2D eigenvalue weighted by Crippen LogP contribution is -2.00. The lowest BCUT2D eigenvalue weighted by atomic mass is 10.2. The van der Waals surface area contributed by atoms with Gasteiger partial charge >= 0.3 is 0 Å². The summed E-state index contributed by atoms with van der Waals surface area (Å²) in [6.07, 6.45) is 3.00. The summed E-state index contributed by atoms with van der Waals surface area (Å²) in [4.78, 5) is 7.69. The molecule has 0 saturated heterocycles. The van der Waals surface area contributed by atoms with Crippen LogP contribution in [0.15, 0.2) is 35.7 Å². The fourth-order valence-electron chi connectivity index (χ4n) is 1.28. The maximum absolute atomic E-state index is 5.76. The van der Waals surface area contributed by atoms with E-state index in [1.165, 1.54) is 11.9 Å². The van der Waals surface area contributed by atoms with E-state index in [4.69, 9.17) is 17.3 Å². The number of nitrogens with two attached hydrogens (primary N) is 1. The van der Waals surface area contributed by atoms with Crippen molar-refractivity contribution in [1.29, 1.82) is 0 Å². The highest BCUT2D eigenvalue weighted by molar-refractivity contribution is 6.32. The number of hydrogen-bond donors (Lipinski definition) is 2. The molecule has 0 radical (unpaired) electrons. The summed E-state index contributed by atoms with van der Waals surface area (Å²) in [6, 6.07) is 7.96. The van der Waals surface area contributed by atoms with Gasteiger partial charge in [-0.05, 0) is 12.5 Å². The maximum Gasteiger partial charge on any atom is 0.174 e. The predicted octanol–water partition coefficient (Wildman–Crippen LogP) is 2.47. The zero-order valence-corrected chi connectivity index (χ0v) is 10.5. The second kappa shape index (κ2) is 5.46. The van der Waals surface area contributed by atoms with Crippen LogP contribution < -0.4 is 11.2 Å². The average Bonchev–Trinajstić information content (AvgIpc) is 2.37. The number of nitrogens with zero attached hydrogens (tertiary/aromatic N) is 3. The molecule has 0 saturated carbocycles. The highest BCUT2D eigenvalue weighted by atomic mass is 35.5. The Hall–Kier alpha value is -2.14. The van der Waals surface area contributed by atoms with Gasteiger partial charge in [0.25, 0.3) is 0 Å². The summed E-state index contributed by atoms with van der Waals surface area (Å²) in [7, 11) is 0. The van der Waals surface area contributed by atoms with E-state index < -0.39 is 0 Å². The van der Waals surface area contributed by atoms with Crippen LogP contribution in [0.25, 0.3) is 0 Å². The summed E-state index contributed by atoms with van der Waals surface area (Å²) in [5.41, 5.74) is 10.9. The second-order valence-corrected chi connectivity index (χ2v) is 4.07. The molecule has 1 heterocycles. The second-order valence-electron chi connectivity index (χ2n) is 3.71. The van der Waals surface area contributed by atoms with Crippen molar-refractivity contribution < 1.29 is 0 Å². The first-order chi connectivity index (χ1) is 8.66. The first-order valence-electron chi connectivity index (χ1n) is 5.28. The third kappa shape index (κ3) is 2.95. The molecule has 0 amide bonds. The van der Waals surface area contributed by atoms with Crippen LogP contribution in [0.1, 0.15) is 11.1 Å². The Labute approximate surface area is 110 Å². The fraction of sp³-hybridized carbons (Fsp3) is 0.0833. The van der Waals surface area contributed by atoms with Crippen molar-refractivity contribution in [3.05, 3.63) is 46.9 Å². The van der Waals surface area contributed by atoms with Gasteiger partial charge in [-0.3, -0.25) is 5.43 Å². The van der Waals surface area contributed by atoms with E-state index in [-0.39, 0.29) is 10.8 Å². The highest BCUT2D eigenvalue weighted by Crippen LogP contribution is 2.21. The number of benzene rings is 1. The molecule has 0 aliphatic rings. The lowest BCUT2D eigenvalue weighted by Gasteiger charge is -2.03. The molecule has 0 spiro atoms. The van der Waals surface area contributed by atoms with Crippen molar-refractivity contribution >= 4 is 29.3 Å². The predicted molar refractivity (Wildman–Crippen MR) is 73.9 cm³/mol. The van der Waals surface area contributed by atoms with Crippen molar-refractivity contribution in [3.8, 4) is 0 Å². The minimum Gasteiger partial charge on any atom is -0.393 e. The molecule has 5 nitrogen and oxygen atoms in total. The zero-order valence-electron chi connectivity index (χ0n) is 9.76. The van der Waals surface area contributed by atoms with Crippen molar-refractivity contribution in [1.82, 2.24) is 9.97 Å². The minimum atomic E-state index is 0.207. The van der Waals surface area contributed by atoms with E-state index in [1.54, 1.807) is 6.21 Å². The van der Waals surface area contributed by atoms with Gasteiger partial charge in [-0.25, -0.2) is 9.97 Å². The molecular formula is C12H12ClN5.